The summed E-state index contributed by atoms with van der Waals surface area (Å²) in [6.45, 7) is 6.93. The number of aromatic nitrogens is 2. The lowest BCUT2D eigenvalue weighted by molar-refractivity contribution is -0.643. The highest BCUT2D eigenvalue weighted by molar-refractivity contribution is 6.26. The maximum atomic E-state index is 2.60. The molecule has 6 aromatic rings. The van der Waals surface area contributed by atoms with E-state index in [1.54, 1.807) is 0 Å². The second-order valence-electron chi connectivity index (χ2n) is 10.4. The molecular formula is C31H31N2+. The smallest absolute Gasteiger partial charge is 0.224 e. The lowest BCUT2D eigenvalue weighted by Gasteiger charge is -2.23. The van der Waals surface area contributed by atoms with E-state index in [9.17, 15) is 0 Å². The van der Waals surface area contributed by atoms with Crippen LogP contribution in [0.2, 0.25) is 0 Å². The maximum absolute atomic E-state index is 2.60. The van der Waals surface area contributed by atoms with Gasteiger partial charge < -0.3 is 4.40 Å². The van der Waals surface area contributed by atoms with E-state index < -0.39 is 0 Å². The second-order valence-corrected chi connectivity index (χ2v) is 10.4. The van der Waals surface area contributed by atoms with Gasteiger partial charge in [0.05, 0.1) is 27.3 Å². The van der Waals surface area contributed by atoms with E-state index >= 15 is 0 Å². The summed E-state index contributed by atoms with van der Waals surface area (Å²) in [5.41, 5.74) is 11.3. The van der Waals surface area contributed by atoms with E-state index in [4.69, 9.17) is 0 Å². The summed E-state index contributed by atoms with van der Waals surface area (Å²) in [4.78, 5) is 0. The normalized spacial score (nSPS) is 15.8. The Morgan fingerprint density at radius 2 is 1.55 bits per heavy atom. The van der Waals surface area contributed by atoms with E-state index in [1.165, 1.54) is 103 Å². The number of rotatable bonds is 1. The van der Waals surface area contributed by atoms with Crippen LogP contribution >= 0.6 is 0 Å². The third kappa shape index (κ3) is 2.42. The maximum Gasteiger partial charge on any atom is 0.224 e. The molecule has 0 bridgehead atoms. The molecule has 2 nitrogen and oxygen atoms in total. The molecular weight excluding hydrogens is 400 g/mol. The van der Waals surface area contributed by atoms with Gasteiger partial charge in [-0.25, -0.2) is 4.57 Å². The standard InChI is InChI=1S/C31H31N2/c1-18-19(2)27-24-12-8-9-13-25(24)33-26-17-23(21-10-6-5-7-11-21)16-22-14-15-32(4)30(29(22)26)28(20(18)3)31(27)33/h8-9,12-17,21H,5-7,10-11H2,1-4H3/q+1. The Hall–Kier alpha value is -3.13. The highest BCUT2D eigenvalue weighted by Gasteiger charge is 2.27. The molecule has 3 aromatic heterocycles. The van der Waals surface area contributed by atoms with Gasteiger partial charge in [-0.1, -0.05) is 43.5 Å². The van der Waals surface area contributed by atoms with Gasteiger partial charge in [0, 0.05) is 16.8 Å². The minimum atomic E-state index is 0.692. The molecule has 164 valence electrons. The molecule has 0 spiro atoms. The fraction of sp³-hybridized carbons (Fsp3) is 0.323. The van der Waals surface area contributed by atoms with Gasteiger partial charge in [0.1, 0.15) is 7.05 Å². The average Bonchev–Trinajstić information content (AvgIpc) is 3.19. The number of nitrogens with zero attached hydrogens (tertiary/aromatic N) is 2. The molecule has 7 rings (SSSR count). The van der Waals surface area contributed by atoms with Crippen LogP contribution in [0.1, 0.15) is 60.3 Å². The molecule has 3 heterocycles. The van der Waals surface area contributed by atoms with Crippen molar-refractivity contribution in [3.63, 3.8) is 0 Å². The SMILES string of the molecule is Cc1c(C)c2c3ccccc3n3c4cc(C5CCCCC5)cc5cc[n+](C)c(c(c1C)c23)c54. The van der Waals surface area contributed by atoms with Gasteiger partial charge in [-0.3, -0.25) is 0 Å². The van der Waals surface area contributed by atoms with Crippen molar-refractivity contribution in [1.29, 1.82) is 0 Å². The van der Waals surface area contributed by atoms with Crippen LogP contribution in [0.4, 0.5) is 0 Å². The summed E-state index contributed by atoms with van der Waals surface area (Å²) in [6, 6.07) is 16.4. The highest BCUT2D eigenvalue weighted by Crippen LogP contribution is 2.44. The lowest BCUT2D eigenvalue weighted by atomic mass is 9.83. The van der Waals surface area contributed by atoms with Gasteiger partial charge in [0.25, 0.3) is 0 Å². The van der Waals surface area contributed by atoms with Crippen LogP contribution in [0, 0.1) is 20.8 Å². The summed E-state index contributed by atoms with van der Waals surface area (Å²) in [5.74, 6) is 0.692. The quantitative estimate of drug-likeness (QED) is 0.143. The monoisotopic (exact) mass is 431 g/mol. The van der Waals surface area contributed by atoms with E-state index in [2.05, 4.69) is 85.4 Å². The molecule has 3 aromatic carbocycles. The first-order chi connectivity index (χ1) is 16.1. The van der Waals surface area contributed by atoms with Crippen LogP contribution in [-0.2, 0) is 7.05 Å². The van der Waals surface area contributed by atoms with Crippen molar-refractivity contribution in [2.45, 2.75) is 58.8 Å². The van der Waals surface area contributed by atoms with Gasteiger partial charge in [0.15, 0.2) is 6.20 Å². The van der Waals surface area contributed by atoms with E-state index in [-0.39, 0.29) is 0 Å². The molecule has 0 saturated heterocycles. The Kier molecular flexibility index (Phi) is 3.93. The van der Waals surface area contributed by atoms with Gasteiger partial charge in [-0.05, 0) is 79.3 Å². The first-order valence-electron chi connectivity index (χ1n) is 12.6. The lowest BCUT2D eigenvalue weighted by Crippen LogP contribution is -2.29. The summed E-state index contributed by atoms with van der Waals surface area (Å²) >= 11 is 0. The minimum Gasteiger partial charge on any atom is -0.307 e. The molecule has 0 N–H and O–H groups in total. The second kappa shape index (κ2) is 6.70. The van der Waals surface area contributed by atoms with Gasteiger partial charge in [0.2, 0.25) is 5.52 Å². The Bertz CT molecular complexity index is 1730. The Balaban J connectivity index is 1.81. The average molecular weight is 432 g/mol. The zero-order valence-electron chi connectivity index (χ0n) is 20.1. The molecule has 0 atom stereocenters. The molecule has 1 aliphatic rings. The number of pyridine rings is 2. The van der Waals surface area contributed by atoms with Crippen LogP contribution < -0.4 is 4.57 Å². The number of benzene rings is 3. The highest BCUT2D eigenvalue weighted by atomic mass is 15.0. The number of fused-ring (bicyclic) bond motifs is 5. The Morgan fingerprint density at radius 3 is 2.36 bits per heavy atom. The number of para-hydroxylation sites is 1. The third-order valence-corrected chi connectivity index (χ3v) is 8.78. The number of hydrogen-bond acceptors (Lipinski definition) is 0. The fourth-order valence-corrected chi connectivity index (χ4v) is 6.88. The number of hydrogen-bond donors (Lipinski definition) is 0. The molecule has 2 heteroatoms. The first kappa shape index (κ1) is 19.3. The van der Waals surface area contributed by atoms with Crippen molar-refractivity contribution in [2.24, 2.45) is 7.05 Å². The van der Waals surface area contributed by atoms with E-state index in [0.29, 0.717) is 5.92 Å². The van der Waals surface area contributed by atoms with E-state index in [0.717, 1.165) is 0 Å². The van der Waals surface area contributed by atoms with Crippen molar-refractivity contribution in [2.75, 3.05) is 0 Å². The van der Waals surface area contributed by atoms with Crippen molar-refractivity contribution >= 4 is 49.0 Å². The molecule has 0 unspecified atom stereocenters. The van der Waals surface area contributed by atoms with Gasteiger partial charge >= 0.3 is 0 Å². The molecule has 0 amide bonds. The Labute approximate surface area is 194 Å². The topological polar surface area (TPSA) is 8.29 Å². The molecule has 1 saturated carbocycles. The fourth-order valence-electron chi connectivity index (χ4n) is 6.88. The van der Waals surface area contributed by atoms with Crippen LogP contribution in [0.15, 0.2) is 48.7 Å². The van der Waals surface area contributed by atoms with Crippen LogP contribution in [0.25, 0.3) is 49.0 Å². The van der Waals surface area contributed by atoms with Gasteiger partial charge in [-0.15, -0.1) is 0 Å². The van der Waals surface area contributed by atoms with Crippen molar-refractivity contribution in [3.8, 4) is 0 Å². The predicted octanol–water partition coefficient (Wildman–Crippen LogP) is 7.79. The first-order valence-corrected chi connectivity index (χ1v) is 12.6. The largest absolute Gasteiger partial charge is 0.307 e. The summed E-state index contributed by atoms with van der Waals surface area (Å²) in [7, 11) is 2.21. The van der Waals surface area contributed by atoms with Crippen molar-refractivity contribution in [3.05, 3.63) is 70.9 Å². The van der Waals surface area contributed by atoms with Crippen LogP contribution in [0.3, 0.4) is 0 Å². The predicted molar refractivity (Wildman–Crippen MR) is 140 cm³/mol. The third-order valence-electron chi connectivity index (χ3n) is 8.78. The van der Waals surface area contributed by atoms with Gasteiger partial charge in [-0.2, -0.15) is 0 Å². The Morgan fingerprint density at radius 1 is 0.788 bits per heavy atom. The molecule has 33 heavy (non-hydrogen) atoms. The van der Waals surface area contributed by atoms with Crippen molar-refractivity contribution < 1.29 is 4.57 Å². The summed E-state index contributed by atoms with van der Waals surface area (Å²) < 4.78 is 4.95. The number of aryl methyl sites for hydroxylation is 3. The van der Waals surface area contributed by atoms with Crippen LogP contribution in [-0.4, -0.2) is 4.40 Å². The van der Waals surface area contributed by atoms with E-state index in [1.807, 2.05) is 0 Å². The molecule has 1 fully saturated rings. The minimum absolute atomic E-state index is 0.692. The zero-order valence-corrected chi connectivity index (χ0v) is 20.1. The summed E-state index contributed by atoms with van der Waals surface area (Å²) in [6.07, 6.45) is 9.05. The molecule has 0 radical (unpaired) electrons. The van der Waals surface area contributed by atoms with Crippen LogP contribution in [0.5, 0.6) is 0 Å². The van der Waals surface area contributed by atoms with Crippen molar-refractivity contribution in [1.82, 2.24) is 4.40 Å². The molecule has 0 aliphatic heterocycles. The molecule has 1 aliphatic carbocycles. The summed E-state index contributed by atoms with van der Waals surface area (Å²) in [5, 5.41) is 7.00. The zero-order chi connectivity index (χ0) is 22.4.